The number of hydrogen-bond donors (Lipinski definition) is 1. The Morgan fingerprint density at radius 1 is 1.11 bits per heavy atom. The number of hydrogen-bond acceptors (Lipinski definition) is 2. The van der Waals surface area contributed by atoms with Gasteiger partial charge in [-0.3, -0.25) is 0 Å². The number of benzene rings is 2. The third-order valence-electron chi connectivity index (χ3n) is 3.22. The third kappa shape index (κ3) is 3.70. The van der Waals surface area contributed by atoms with E-state index in [1.54, 1.807) is 7.11 Å². The molecule has 0 bridgehead atoms. The molecule has 0 fully saturated rings. The van der Waals surface area contributed by atoms with Crippen LogP contribution in [0, 0.1) is 3.57 Å². The third-order valence-corrected chi connectivity index (χ3v) is 3.94. The van der Waals surface area contributed by atoms with Gasteiger partial charge in [-0.25, -0.2) is 0 Å². The number of ether oxygens (including phenoxy) is 1. The average Bonchev–Trinajstić information content (AvgIpc) is 2.46. The van der Waals surface area contributed by atoms with E-state index in [1.165, 1.54) is 14.7 Å². The summed E-state index contributed by atoms with van der Waals surface area (Å²) in [5.74, 6) is 0.937. The smallest absolute Gasteiger partial charge is 0.123 e. The van der Waals surface area contributed by atoms with Crippen molar-refractivity contribution in [2.24, 2.45) is 0 Å². The number of para-hydroxylation sites is 1. The highest BCUT2D eigenvalue weighted by molar-refractivity contribution is 14.1. The molecule has 2 aromatic rings. The second kappa shape index (κ2) is 6.91. The van der Waals surface area contributed by atoms with E-state index in [1.807, 2.05) is 19.2 Å². The standard InChI is InChI=1S/C16H18INO/c1-18-15(11-12-7-9-13(17)10-8-12)14-5-3-4-6-16(14)19-2/h3-10,15,18H,11H2,1-2H3. The fourth-order valence-electron chi connectivity index (χ4n) is 2.18. The van der Waals surface area contributed by atoms with Crippen LogP contribution in [0.5, 0.6) is 5.75 Å². The van der Waals surface area contributed by atoms with Crippen LogP contribution in [-0.4, -0.2) is 14.2 Å². The van der Waals surface area contributed by atoms with E-state index in [-0.39, 0.29) is 6.04 Å². The van der Waals surface area contributed by atoms with Crippen molar-refractivity contribution in [1.82, 2.24) is 5.32 Å². The van der Waals surface area contributed by atoms with E-state index in [4.69, 9.17) is 4.74 Å². The van der Waals surface area contributed by atoms with Crippen molar-refractivity contribution in [3.05, 3.63) is 63.2 Å². The van der Waals surface area contributed by atoms with Gasteiger partial charge in [-0.2, -0.15) is 0 Å². The molecule has 1 atom stereocenters. The van der Waals surface area contributed by atoms with Crippen LogP contribution in [0.2, 0.25) is 0 Å². The molecule has 0 aliphatic rings. The summed E-state index contributed by atoms with van der Waals surface area (Å²) in [4.78, 5) is 0. The van der Waals surface area contributed by atoms with Gasteiger partial charge in [0.15, 0.2) is 0 Å². The second-order valence-electron chi connectivity index (χ2n) is 4.41. The van der Waals surface area contributed by atoms with Gasteiger partial charge >= 0.3 is 0 Å². The number of halogens is 1. The maximum Gasteiger partial charge on any atom is 0.123 e. The number of nitrogens with one attached hydrogen (secondary N) is 1. The summed E-state index contributed by atoms with van der Waals surface area (Å²) in [5.41, 5.74) is 2.52. The molecule has 1 N–H and O–H groups in total. The van der Waals surface area contributed by atoms with Crippen LogP contribution in [0.1, 0.15) is 17.2 Å². The van der Waals surface area contributed by atoms with Gasteiger partial charge in [-0.1, -0.05) is 30.3 Å². The monoisotopic (exact) mass is 367 g/mol. The molecule has 0 aromatic heterocycles. The average molecular weight is 367 g/mol. The molecule has 0 saturated heterocycles. The maximum atomic E-state index is 5.44. The molecule has 3 heteroatoms. The lowest BCUT2D eigenvalue weighted by molar-refractivity contribution is 0.401. The molecule has 0 aliphatic carbocycles. The maximum absolute atomic E-state index is 5.44. The highest BCUT2D eigenvalue weighted by Crippen LogP contribution is 2.27. The SMILES string of the molecule is CNC(Cc1ccc(I)cc1)c1ccccc1OC. The molecule has 19 heavy (non-hydrogen) atoms. The van der Waals surface area contributed by atoms with Crippen LogP contribution < -0.4 is 10.1 Å². The lowest BCUT2D eigenvalue weighted by Gasteiger charge is -2.19. The molecule has 0 aliphatic heterocycles. The summed E-state index contributed by atoms with van der Waals surface area (Å²) in [6, 6.07) is 17.1. The fourth-order valence-corrected chi connectivity index (χ4v) is 2.54. The molecule has 0 spiro atoms. The van der Waals surface area contributed by atoms with Crippen LogP contribution in [0.3, 0.4) is 0 Å². The summed E-state index contributed by atoms with van der Waals surface area (Å²) in [6.45, 7) is 0. The molecule has 2 rings (SSSR count). The van der Waals surface area contributed by atoms with Crippen LogP contribution in [0.4, 0.5) is 0 Å². The van der Waals surface area contributed by atoms with Gasteiger partial charge in [-0.05, 0) is 59.8 Å². The van der Waals surface area contributed by atoms with Gasteiger partial charge in [0.05, 0.1) is 7.11 Å². The number of likely N-dealkylation sites (N-methyl/N-ethyl adjacent to an activating group) is 1. The lowest BCUT2D eigenvalue weighted by Crippen LogP contribution is -2.19. The summed E-state index contributed by atoms with van der Waals surface area (Å²) in [5, 5.41) is 3.37. The van der Waals surface area contributed by atoms with Crippen molar-refractivity contribution < 1.29 is 4.74 Å². The van der Waals surface area contributed by atoms with Gasteiger partial charge in [0.1, 0.15) is 5.75 Å². The molecular formula is C16H18INO. The second-order valence-corrected chi connectivity index (χ2v) is 5.66. The summed E-state index contributed by atoms with van der Waals surface area (Å²) in [7, 11) is 3.71. The van der Waals surface area contributed by atoms with E-state index in [2.05, 4.69) is 64.3 Å². The fraction of sp³-hybridized carbons (Fsp3) is 0.250. The van der Waals surface area contributed by atoms with Gasteiger partial charge in [0, 0.05) is 15.2 Å². The van der Waals surface area contributed by atoms with Gasteiger partial charge in [0.25, 0.3) is 0 Å². The molecule has 2 nitrogen and oxygen atoms in total. The first kappa shape index (κ1) is 14.3. The molecule has 1 unspecified atom stereocenters. The Morgan fingerprint density at radius 3 is 2.42 bits per heavy atom. The molecule has 0 radical (unpaired) electrons. The minimum absolute atomic E-state index is 0.260. The predicted octanol–water partition coefficient (Wildman–Crippen LogP) is 3.80. The van der Waals surface area contributed by atoms with Gasteiger partial charge in [0.2, 0.25) is 0 Å². The first-order chi connectivity index (χ1) is 9.24. The zero-order valence-electron chi connectivity index (χ0n) is 11.2. The summed E-state index contributed by atoms with van der Waals surface area (Å²) >= 11 is 2.33. The number of methoxy groups -OCH3 is 1. The highest BCUT2D eigenvalue weighted by atomic mass is 127. The Hall–Kier alpha value is -1.07. The van der Waals surface area contributed by atoms with E-state index >= 15 is 0 Å². The van der Waals surface area contributed by atoms with Crippen LogP contribution in [0.15, 0.2) is 48.5 Å². The first-order valence-electron chi connectivity index (χ1n) is 6.29. The quantitative estimate of drug-likeness (QED) is 0.812. The predicted molar refractivity (Wildman–Crippen MR) is 87.7 cm³/mol. The minimum Gasteiger partial charge on any atom is -0.496 e. The van der Waals surface area contributed by atoms with Crippen LogP contribution >= 0.6 is 22.6 Å². The molecular weight excluding hydrogens is 349 g/mol. The van der Waals surface area contributed by atoms with Crippen LogP contribution in [0.25, 0.3) is 0 Å². The Bertz CT molecular complexity index is 525. The molecule has 100 valence electrons. The topological polar surface area (TPSA) is 21.3 Å². The summed E-state index contributed by atoms with van der Waals surface area (Å²) < 4.78 is 6.71. The van der Waals surface area contributed by atoms with Crippen molar-refractivity contribution in [1.29, 1.82) is 0 Å². The van der Waals surface area contributed by atoms with Gasteiger partial charge in [-0.15, -0.1) is 0 Å². The summed E-state index contributed by atoms with van der Waals surface area (Å²) in [6.07, 6.45) is 0.952. The van der Waals surface area contributed by atoms with Gasteiger partial charge < -0.3 is 10.1 Å². The lowest BCUT2D eigenvalue weighted by atomic mass is 9.98. The highest BCUT2D eigenvalue weighted by Gasteiger charge is 2.14. The van der Waals surface area contributed by atoms with E-state index in [0.717, 1.165) is 12.2 Å². The minimum atomic E-state index is 0.260. The van der Waals surface area contributed by atoms with Crippen molar-refractivity contribution >= 4 is 22.6 Å². The van der Waals surface area contributed by atoms with Crippen molar-refractivity contribution in [2.75, 3.05) is 14.2 Å². The van der Waals surface area contributed by atoms with E-state index in [9.17, 15) is 0 Å². The largest absolute Gasteiger partial charge is 0.496 e. The van der Waals surface area contributed by atoms with E-state index in [0.29, 0.717) is 0 Å². The zero-order chi connectivity index (χ0) is 13.7. The molecule has 0 saturated carbocycles. The molecule has 0 amide bonds. The molecule has 2 aromatic carbocycles. The Kier molecular flexibility index (Phi) is 5.22. The Balaban J connectivity index is 2.22. The number of rotatable bonds is 5. The van der Waals surface area contributed by atoms with Crippen LogP contribution in [-0.2, 0) is 6.42 Å². The Morgan fingerprint density at radius 2 is 1.79 bits per heavy atom. The normalized spacial score (nSPS) is 12.2. The zero-order valence-corrected chi connectivity index (χ0v) is 13.3. The first-order valence-corrected chi connectivity index (χ1v) is 7.37. The van der Waals surface area contributed by atoms with E-state index < -0.39 is 0 Å². The van der Waals surface area contributed by atoms with Crippen molar-refractivity contribution in [2.45, 2.75) is 12.5 Å². The Labute approximate surface area is 128 Å². The van der Waals surface area contributed by atoms with Crippen molar-refractivity contribution in [3.8, 4) is 5.75 Å². The van der Waals surface area contributed by atoms with Crippen molar-refractivity contribution in [3.63, 3.8) is 0 Å². The molecule has 0 heterocycles.